The zero-order valence-electron chi connectivity index (χ0n) is 10.3. The van der Waals surface area contributed by atoms with Crippen LogP contribution in [0.5, 0.6) is 0 Å². The molecule has 1 aliphatic rings. The Morgan fingerprint density at radius 2 is 1.94 bits per heavy atom. The van der Waals surface area contributed by atoms with E-state index in [0.717, 1.165) is 0 Å². The predicted molar refractivity (Wildman–Crippen MR) is 57.1 cm³/mol. The SMILES string of the molecule is CC(=O)C1CC(F)C(=O)N1C(=O)OC(C)(C)C. The summed E-state index contributed by atoms with van der Waals surface area (Å²) in [5, 5.41) is 0. The van der Waals surface area contributed by atoms with Crippen LogP contribution in [0.25, 0.3) is 0 Å². The van der Waals surface area contributed by atoms with E-state index in [0.29, 0.717) is 4.90 Å². The summed E-state index contributed by atoms with van der Waals surface area (Å²) in [4.78, 5) is 35.0. The van der Waals surface area contributed by atoms with Crippen LogP contribution in [0.1, 0.15) is 34.1 Å². The topological polar surface area (TPSA) is 63.7 Å². The maximum absolute atomic E-state index is 13.2. The van der Waals surface area contributed by atoms with Crippen LogP contribution < -0.4 is 0 Å². The van der Waals surface area contributed by atoms with Crippen LogP contribution in [-0.2, 0) is 14.3 Å². The predicted octanol–water partition coefficient (Wildman–Crippen LogP) is 1.45. The highest BCUT2D eigenvalue weighted by Crippen LogP contribution is 2.25. The van der Waals surface area contributed by atoms with E-state index < -0.39 is 35.6 Å². The van der Waals surface area contributed by atoms with E-state index in [4.69, 9.17) is 4.74 Å². The first kappa shape index (κ1) is 13.6. The number of carbonyl (C=O) groups is 3. The molecule has 17 heavy (non-hydrogen) atoms. The van der Waals surface area contributed by atoms with E-state index in [1.54, 1.807) is 20.8 Å². The van der Waals surface area contributed by atoms with Crippen LogP contribution in [0.2, 0.25) is 0 Å². The maximum atomic E-state index is 13.2. The number of nitrogens with zero attached hydrogens (tertiary/aromatic N) is 1. The lowest BCUT2D eigenvalue weighted by Gasteiger charge is -2.25. The second-order valence-corrected chi connectivity index (χ2v) is 5.02. The maximum Gasteiger partial charge on any atom is 0.417 e. The Kier molecular flexibility index (Phi) is 3.54. The average molecular weight is 245 g/mol. The Hall–Kier alpha value is -1.46. The molecule has 0 N–H and O–H groups in total. The van der Waals surface area contributed by atoms with Gasteiger partial charge in [-0.3, -0.25) is 9.59 Å². The number of hydrogen-bond acceptors (Lipinski definition) is 4. The smallest absolute Gasteiger partial charge is 0.417 e. The van der Waals surface area contributed by atoms with Crippen LogP contribution in [0.4, 0.5) is 9.18 Å². The van der Waals surface area contributed by atoms with Gasteiger partial charge < -0.3 is 4.74 Å². The van der Waals surface area contributed by atoms with Gasteiger partial charge in [0, 0.05) is 6.42 Å². The first-order valence-corrected chi connectivity index (χ1v) is 5.34. The quantitative estimate of drug-likeness (QED) is 0.701. The Morgan fingerprint density at radius 1 is 1.41 bits per heavy atom. The van der Waals surface area contributed by atoms with Crippen LogP contribution in [0.3, 0.4) is 0 Å². The fourth-order valence-electron chi connectivity index (χ4n) is 1.58. The van der Waals surface area contributed by atoms with Gasteiger partial charge in [0.2, 0.25) is 0 Å². The molecule has 0 aromatic carbocycles. The van der Waals surface area contributed by atoms with Crippen molar-refractivity contribution >= 4 is 17.8 Å². The molecule has 0 spiro atoms. The van der Waals surface area contributed by atoms with Crippen molar-refractivity contribution in [2.24, 2.45) is 0 Å². The number of ether oxygens (including phenoxy) is 1. The molecule has 2 atom stereocenters. The summed E-state index contributed by atoms with van der Waals surface area (Å²) in [7, 11) is 0. The summed E-state index contributed by atoms with van der Waals surface area (Å²) in [5.41, 5.74) is -0.799. The number of hydrogen-bond donors (Lipinski definition) is 0. The van der Waals surface area contributed by atoms with Gasteiger partial charge in [-0.1, -0.05) is 0 Å². The first-order chi connectivity index (χ1) is 7.63. The van der Waals surface area contributed by atoms with Crippen molar-refractivity contribution in [3.05, 3.63) is 0 Å². The highest BCUT2D eigenvalue weighted by atomic mass is 19.1. The lowest BCUT2D eigenvalue weighted by atomic mass is 10.1. The number of amides is 2. The standard InChI is InChI=1S/C11H16FNO4/c1-6(14)8-5-7(12)9(15)13(8)10(16)17-11(2,3)4/h7-8H,5H2,1-4H3. The molecule has 2 unspecified atom stereocenters. The largest absolute Gasteiger partial charge is 0.443 e. The molecule has 5 nitrogen and oxygen atoms in total. The molecule has 1 heterocycles. The molecular formula is C11H16FNO4. The fraction of sp³-hybridized carbons (Fsp3) is 0.727. The van der Waals surface area contributed by atoms with E-state index in [-0.39, 0.29) is 6.42 Å². The van der Waals surface area contributed by atoms with E-state index in [1.807, 2.05) is 0 Å². The molecule has 0 radical (unpaired) electrons. The van der Waals surface area contributed by atoms with Gasteiger partial charge in [0.1, 0.15) is 11.6 Å². The molecule has 0 bridgehead atoms. The van der Waals surface area contributed by atoms with Crippen LogP contribution in [-0.4, -0.2) is 40.5 Å². The monoisotopic (exact) mass is 245 g/mol. The number of likely N-dealkylation sites (tertiary alicyclic amines) is 1. The second-order valence-electron chi connectivity index (χ2n) is 5.02. The normalized spacial score (nSPS) is 25.0. The lowest BCUT2D eigenvalue weighted by Crippen LogP contribution is -2.45. The van der Waals surface area contributed by atoms with Crippen molar-refractivity contribution in [3.8, 4) is 0 Å². The molecule has 96 valence electrons. The highest BCUT2D eigenvalue weighted by molar-refractivity contribution is 6.02. The van der Waals surface area contributed by atoms with Gasteiger partial charge in [0.15, 0.2) is 12.0 Å². The Labute approximate surface area is 98.9 Å². The molecule has 2 amide bonds. The summed E-state index contributed by atoms with van der Waals surface area (Å²) in [6, 6.07) is -1.05. The van der Waals surface area contributed by atoms with Crippen molar-refractivity contribution in [1.82, 2.24) is 4.90 Å². The zero-order valence-corrected chi connectivity index (χ0v) is 10.3. The third kappa shape index (κ3) is 3.01. The molecule has 1 rings (SSSR count). The Balaban J connectivity index is 2.89. The van der Waals surface area contributed by atoms with Gasteiger partial charge in [-0.05, 0) is 27.7 Å². The van der Waals surface area contributed by atoms with Gasteiger partial charge in [-0.15, -0.1) is 0 Å². The molecule has 6 heteroatoms. The van der Waals surface area contributed by atoms with E-state index in [2.05, 4.69) is 0 Å². The lowest BCUT2D eigenvalue weighted by molar-refractivity contribution is -0.135. The van der Waals surface area contributed by atoms with Gasteiger partial charge >= 0.3 is 6.09 Å². The van der Waals surface area contributed by atoms with E-state index in [1.165, 1.54) is 6.92 Å². The van der Waals surface area contributed by atoms with Gasteiger partial charge in [0.05, 0.1) is 0 Å². The van der Waals surface area contributed by atoms with E-state index in [9.17, 15) is 18.8 Å². The number of ketones is 1. The van der Waals surface area contributed by atoms with Crippen LogP contribution in [0.15, 0.2) is 0 Å². The van der Waals surface area contributed by atoms with Crippen LogP contribution in [0, 0.1) is 0 Å². The minimum absolute atomic E-state index is 0.284. The summed E-state index contributed by atoms with van der Waals surface area (Å²) < 4.78 is 18.2. The van der Waals surface area contributed by atoms with Gasteiger partial charge in [-0.25, -0.2) is 14.1 Å². The molecule has 1 aliphatic heterocycles. The van der Waals surface area contributed by atoms with Gasteiger partial charge in [-0.2, -0.15) is 0 Å². The minimum Gasteiger partial charge on any atom is -0.443 e. The molecule has 0 aliphatic carbocycles. The summed E-state index contributed by atoms with van der Waals surface area (Å²) in [6.07, 6.45) is -3.06. The third-order valence-corrected chi connectivity index (χ3v) is 2.31. The zero-order chi connectivity index (χ0) is 13.4. The second kappa shape index (κ2) is 4.43. The van der Waals surface area contributed by atoms with Crippen molar-refractivity contribution in [2.45, 2.75) is 51.9 Å². The fourth-order valence-corrected chi connectivity index (χ4v) is 1.58. The highest BCUT2D eigenvalue weighted by Gasteiger charge is 2.47. The van der Waals surface area contributed by atoms with E-state index >= 15 is 0 Å². The molecular weight excluding hydrogens is 229 g/mol. The third-order valence-electron chi connectivity index (χ3n) is 2.31. The number of imide groups is 1. The first-order valence-electron chi connectivity index (χ1n) is 5.34. The Bertz CT molecular complexity index is 361. The van der Waals surface area contributed by atoms with Crippen LogP contribution >= 0.6 is 0 Å². The summed E-state index contributed by atoms with van der Waals surface area (Å²) in [5.74, 6) is -1.43. The summed E-state index contributed by atoms with van der Waals surface area (Å²) in [6.45, 7) is 6.09. The number of rotatable bonds is 1. The van der Waals surface area contributed by atoms with Crippen molar-refractivity contribution in [3.63, 3.8) is 0 Å². The number of Topliss-reactive ketones (excluding diaryl/α,β-unsaturated/α-hetero) is 1. The van der Waals surface area contributed by atoms with Crippen molar-refractivity contribution < 1.29 is 23.5 Å². The number of halogens is 1. The Morgan fingerprint density at radius 3 is 2.35 bits per heavy atom. The van der Waals surface area contributed by atoms with Crippen molar-refractivity contribution in [2.75, 3.05) is 0 Å². The number of carbonyl (C=O) groups excluding carboxylic acids is 3. The van der Waals surface area contributed by atoms with Crippen molar-refractivity contribution in [1.29, 1.82) is 0 Å². The number of alkyl halides is 1. The minimum atomic E-state index is -1.81. The van der Waals surface area contributed by atoms with Gasteiger partial charge in [0.25, 0.3) is 5.91 Å². The summed E-state index contributed by atoms with van der Waals surface area (Å²) >= 11 is 0. The molecule has 0 aromatic rings. The average Bonchev–Trinajstić information content (AvgIpc) is 2.40. The molecule has 1 fully saturated rings. The molecule has 0 saturated carbocycles. The molecule has 0 aromatic heterocycles. The molecule has 1 saturated heterocycles.